The molecule has 26 heavy (non-hydrogen) atoms. The average Bonchev–Trinajstić information content (AvgIpc) is 3.38. The SMILES string of the molecule is COc1ccccc1C1CCN(C(=O)c2cn[nH]c2C2CCOCC2)C1. The van der Waals surface area contributed by atoms with E-state index in [9.17, 15) is 4.79 Å². The first-order valence-corrected chi connectivity index (χ1v) is 9.31. The Kier molecular flexibility index (Phi) is 4.93. The molecule has 1 amide bonds. The van der Waals surface area contributed by atoms with Crippen molar-refractivity contribution in [1.82, 2.24) is 15.1 Å². The Hall–Kier alpha value is -2.34. The van der Waals surface area contributed by atoms with E-state index in [2.05, 4.69) is 16.3 Å². The van der Waals surface area contributed by atoms with Crippen molar-refractivity contribution in [3.05, 3.63) is 47.3 Å². The minimum Gasteiger partial charge on any atom is -0.496 e. The highest BCUT2D eigenvalue weighted by Crippen LogP contribution is 2.35. The molecule has 1 N–H and O–H groups in total. The van der Waals surface area contributed by atoms with Crippen LogP contribution in [0.2, 0.25) is 0 Å². The second-order valence-electron chi connectivity index (χ2n) is 7.06. The Labute approximate surface area is 153 Å². The largest absolute Gasteiger partial charge is 0.496 e. The van der Waals surface area contributed by atoms with Crippen LogP contribution in [0.3, 0.4) is 0 Å². The highest BCUT2D eigenvalue weighted by atomic mass is 16.5. The molecule has 2 aromatic rings. The highest BCUT2D eigenvalue weighted by molar-refractivity contribution is 5.95. The molecule has 0 aliphatic carbocycles. The molecule has 1 atom stereocenters. The number of para-hydroxylation sites is 1. The number of benzene rings is 1. The molecule has 6 nitrogen and oxygen atoms in total. The molecule has 2 fully saturated rings. The lowest BCUT2D eigenvalue weighted by Gasteiger charge is -2.23. The van der Waals surface area contributed by atoms with E-state index in [1.54, 1.807) is 13.3 Å². The Morgan fingerprint density at radius 3 is 2.85 bits per heavy atom. The summed E-state index contributed by atoms with van der Waals surface area (Å²) in [6.07, 6.45) is 4.51. The lowest BCUT2D eigenvalue weighted by Crippen LogP contribution is -2.29. The van der Waals surface area contributed by atoms with Crippen LogP contribution in [0, 0.1) is 0 Å². The molecule has 138 valence electrons. The number of nitrogens with one attached hydrogen (secondary N) is 1. The molecule has 0 saturated carbocycles. The predicted octanol–water partition coefficient (Wildman–Crippen LogP) is 2.94. The standard InChI is InChI=1S/C20H25N3O3/c1-25-18-5-3-2-4-16(18)15-6-9-23(13-15)20(24)17-12-21-22-19(17)14-7-10-26-11-8-14/h2-5,12,14-15H,6-11,13H2,1H3,(H,21,22). The van der Waals surface area contributed by atoms with Crippen LogP contribution in [0.1, 0.15) is 52.7 Å². The highest BCUT2D eigenvalue weighted by Gasteiger charge is 2.32. The van der Waals surface area contributed by atoms with E-state index >= 15 is 0 Å². The first-order chi connectivity index (χ1) is 12.8. The van der Waals surface area contributed by atoms with E-state index in [0.29, 0.717) is 11.8 Å². The number of likely N-dealkylation sites (tertiary alicyclic amines) is 1. The maximum absolute atomic E-state index is 13.1. The fraction of sp³-hybridized carbons (Fsp3) is 0.500. The molecular formula is C20H25N3O3. The van der Waals surface area contributed by atoms with E-state index in [1.807, 2.05) is 23.1 Å². The van der Waals surface area contributed by atoms with E-state index in [1.165, 1.54) is 5.56 Å². The van der Waals surface area contributed by atoms with Gasteiger partial charge < -0.3 is 14.4 Å². The van der Waals surface area contributed by atoms with Gasteiger partial charge in [0.15, 0.2) is 0 Å². The van der Waals surface area contributed by atoms with Crippen molar-refractivity contribution in [2.75, 3.05) is 33.4 Å². The average molecular weight is 355 g/mol. The van der Waals surface area contributed by atoms with Gasteiger partial charge >= 0.3 is 0 Å². The van der Waals surface area contributed by atoms with Crippen molar-refractivity contribution in [3.63, 3.8) is 0 Å². The maximum atomic E-state index is 13.1. The van der Waals surface area contributed by atoms with Gasteiger partial charge in [0.1, 0.15) is 5.75 Å². The minimum absolute atomic E-state index is 0.0811. The molecule has 2 saturated heterocycles. The number of aromatic amines is 1. The zero-order valence-corrected chi connectivity index (χ0v) is 15.1. The predicted molar refractivity (Wildman–Crippen MR) is 97.6 cm³/mol. The molecule has 0 spiro atoms. The van der Waals surface area contributed by atoms with Gasteiger partial charge in [-0.05, 0) is 30.9 Å². The first-order valence-electron chi connectivity index (χ1n) is 9.31. The number of ether oxygens (including phenoxy) is 2. The summed E-state index contributed by atoms with van der Waals surface area (Å²) >= 11 is 0. The molecule has 1 aromatic heterocycles. The summed E-state index contributed by atoms with van der Waals surface area (Å²) in [4.78, 5) is 15.1. The summed E-state index contributed by atoms with van der Waals surface area (Å²) in [6, 6.07) is 8.09. The smallest absolute Gasteiger partial charge is 0.257 e. The summed E-state index contributed by atoms with van der Waals surface area (Å²) in [5.74, 6) is 1.63. The Morgan fingerprint density at radius 1 is 1.23 bits per heavy atom. The minimum atomic E-state index is 0.0811. The molecule has 2 aliphatic rings. The van der Waals surface area contributed by atoms with Crippen LogP contribution >= 0.6 is 0 Å². The van der Waals surface area contributed by atoms with Crippen molar-refractivity contribution in [2.24, 2.45) is 0 Å². The molecule has 1 aromatic carbocycles. The van der Waals surface area contributed by atoms with Gasteiger partial charge in [-0.15, -0.1) is 0 Å². The van der Waals surface area contributed by atoms with E-state index < -0.39 is 0 Å². The van der Waals surface area contributed by atoms with Crippen molar-refractivity contribution in [2.45, 2.75) is 31.1 Å². The Bertz CT molecular complexity index is 767. The third kappa shape index (κ3) is 3.21. The third-order valence-corrected chi connectivity index (χ3v) is 5.58. The molecule has 0 bridgehead atoms. The number of aromatic nitrogens is 2. The van der Waals surface area contributed by atoms with Crippen molar-refractivity contribution in [1.29, 1.82) is 0 Å². The van der Waals surface area contributed by atoms with Crippen LogP contribution in [0.5, 0.6) is 5.75 Å². The van der Waals surface area contributed by atoms with Gasteiger partial charge in [0.25, 0.3) is 5.91 Å². The van der Waals surface area contributed by atoms with E-state index in [0.717, 1.165) is 62.6 Å². The molecular weight excluding hydrogens is 330 g/mol. The topological polar surface area (TPSA) is 67.5 Å². The van der Waals surface area contributed by atoms with Gasteiger partial charge in [-0.3, -0.25) is 9.89 Å². The van der Waals surface area contributed by atoms with Gasteiger partial charge in [0, 0.05) is 38.1 Å². The monoisotopic (exact) mass is 355 g/mol. The molecule has 2 aliphatic heterocycles. The summed E-state index contributed by atoms with van der Waals surface area (Å²) in [6.45, 7) is 2.98. The van der Waals surface area contributed by atoms with Gasteiger partial charge in [0.05, 0.1) is 24.6 Å². The number of rotatable bonds is 4. The molecule has 3 heterocycles. The quantitative estimate of drug-likeness (QED) is 0.916. The van der Waals surface area contributed by atoms with Crippen LogP contribution in [-0.2, 0) is 4.74 Å². The fourth-order valence-corrected chi connectivity index (χ4v) is 4.14. The van der Waals surface area contributed by atoms with Crippen molar-refractivity contribution >= 4 is 5.91 Å². The summed E-state index contributed by atoms with van der Waals surface area (Å²) in [7, 11) is 1.70. The zero-order valence-electron chi connectivity index (χ0n) is 15.1. The second kappa shape index (κ2) is 7.50. The molecule has 1 unspecified atom stereocenters. The first kappa shape index (κ1) is 17.1. The van der Waals surface area contributed by atoms with Crippen LogP contribution in [0.4, 0.5) is 0 Å². The number of carbonyl (C=O) groups excluding carboxylic acids is 1. The maximum Gasteiger partial charge on any atom is 0.257 e. The number of amides is 1. The fourth-order valence-electron chi connectivity index (χ4n) is 4.14. The second-order valence-corrected chi connectivity index (χ2v) is 7.06. The van der Waals surface area contributed by atoms with Gasteiger partial charge in [-0.25, -0.2) is 0 Å². The van der Waals surface area contributed by atoms with Crippen LogP contribution in [-0.4, -0.2) is 54.4 Å². The Morgan fingerprint density at radius 2 is 2.04 bits per heavy atom. The zero-order chi connectivity index (χ0) is 17.9. The van der Waals surface area contributed by atoms with Gasteiger partial charge in [0.2, 0.25) is 0 Å². The van der Waals surface area contributed by atoms with Crippen molar-refractivity contribution < 1.29 is 14.3 Å². The summed E-state index contributed by atoms with van der Waals surface area (Å²) < 4.78 is 10.9. The van der Waals surface area contributed by atoms with Gasteiger partial charge in [-0.2, -0.15) is 5.10 Å². The van der Waals surface area contributed by atoms with Crippen LogP contribution < -0.4 is 4.74 Å². The Balaban J connectivity index is 1.49. The number of hydrogen-bond donors (Lipinski definition) is 1. The van der Waals surface area contributed by atoms with Crippen molar-refractivity contribution in [3.8, 4) is 5.75 Å². The van der Waals surface area contributed by atoms with E-state index in [-0.39, 0.29) is 5.91 Å². The van der Waals surface area contributed by atoms with Gasteiger partial charge in [-0.1, -0.05) is 18.2 Å². The number of nitrogens with zero attached hydrogens (tertiary/aromatic N) is 2. The normalized spacial score (nSPS) is 21.1. The lowest BCUT2D eigenvalue weighted by molar-refractivity contribution is 0.0769. The molecule has 4 rings (SSSR count). The number of H-pyrrole nitrogens is 1. The number of hydrogen-bond acceptors (Lipinski definition) is 4. The van der Waals surface area contributed by atoms with Crippen LogP contribution in [0.25, 0.3) is 0 Å². The number of carbonyl (C=O) groups is 1. The number of methoxy groups -OCH3 is 1. The molecule has 0 radical (unpaired) electrons. The summed E-state index contributed by atoms with van der Waals surface area (Å²) in [5, 5.41) is 7.23. The lowest BCUT2D eigenvalue weighted by atomic mass is 9.93. The third-order valence-electron chi connectivity index (χ3n) is 5.58. The molecule has 6 heteroatoms. The summed E-state index contributed by atoms with van der Waals surface area (Å²) in [5.41, 5.74) is 2.87. The van der Waals surface area contributed by atoms with Crippen LogP contribution in [0.15, 0.2) is 30.5 Å². The van der Waals surface area contributed by atoms with E-state index in [4.69, 9.17) is 9.47 Å².